The first kappa shape index (κ1) is 14.3. The minimum absolute atomic E-state index is 0.178. The lowest BCUT2D eigenvalue weighted by Gasteiger charge is -2.14. The zero-order chi connectivity index (χ0) is 13.9. The van der Waals surface area contributed by atoms with Gasteiger partial charge in [-0.3, -0.25) is 4.79 Å². The Bertz CT molecular complexity index is 446. The average molecular weight is 263 g/mol. The van der Waals surface area contributed by atoms with Crippen LogP contribution in [0.2, 0.25) is 0 Å². The van der Waals surface area contributed by atoms with Gasteiger partial charge in [-0.25, -0.2) is 0 Å². The molecule has 0 unspecified atom stereocenters. The van der Waals surface area contributed by atoms with E-state index in [2.05, 4.69) is 4.74 Å². The van der Waals surface area contributed by atoms with Gasteiger partial charge >= 0.3 is 12.1 Å². The average Bonchev–Trinajstić information content (AvgIpc) is 2.27. The molecule has 0 amide bonds. The molecule has 0 heterocycles. The van der Waals surface area contributed by atoms with E-state index >= 15 is 0 Å². The summed E-state index contributed by atoms with van der Waals surface area (Å²) in [5, 5.41) is 8.60. The molecule has 0 aliphatic rings. The van der Waals surface area contributed by atoms with Crippen LogP contribution in [0.1, 0.15) is 11.1 Å². The molecule has 1 aromatic carbocycles. The van der Waals surface area contributed by atoms with E-state index in [0.29, 0.717) is 0 Å². The molecule has 0 saturated heterocycles. The first-order valence-corrected chi connectivity index (χ1v) is 4.98. The number of methoxy groups -OCH3 is 1. The van der Waals surface area contributed by atoms with Gasteiger partial charge in [0.2, 0.25) is 0 Å². The van der Waals surface area contributed by atoms with Crippen molar-refractivity contribution < 1.29 is 27.8 Å². The van der Waals surface area contributed by atoms with Gasteiger partial charge in [-0.15, -0.1) is 0 Å². The van der Waals surface area contributed by atoms with Crippen molar-refractivity contribution in [2.75, 3.05) is 7.11 Å². The summed E-state index contributed by atoms with van der Waals surface area (Å²) >= 11 is 0. The first-order chi connectivity index (χ1) is 8.25. The third-order valence-corrected chi connectivity index (χ3v) is 2.34. The maximum absolute atomic E-state index is 12.7. The molecule has 0 bridgehead atoms. The fourth-order valence-corrected chi connectivity index (χ4v) is 1.44. The molecule has 0 radical (unpaired) electrons. The van der Waals surface area contributed by atoms with Gasteiger partial charge in [-0.2, -0.15) is 13.2 Å². The Balaban J connectivity index is 3.07. The summed E-state index contributed by atoms with van der Waals surface area (Å²) in [6, 6.07) is 2.12. The minimum Gasteiger partial charge on any atom is -0.496 e. The predicted octanol–water partition coefficient (Wildman–Crippen LogP) is 1.67. The predicted molar refractivity (Wildman–Crippen MR) is 57.3 cm³/mol. The van der Waals surface area contributed by atoms with E-state index in [0.717, 1.165) is 19.2 Å². The van der Waals surface area contributed by atoms with Crippen LogP contribution in [-0.2, 0) is 17.4 Å². The highest BCUT2D eigenvalue weighted by atomic mass is 19.4. The van der Waals surface area contributed by atoms with E-state index in [1.54, 1.807) is 0 Å². The Morgan fingerprint density at radius 1 is 1.50 bits per heavy atom. The van der Waals surface area contributed by atoms with Gasteiger partial charge in [-0.1, -0.05) is 6.07 Å². The highest BCUT2D eigenvalue weighted by Crippen LogP contribution is 2.36. The van der Waals surface area contributed by atoms with Crippen molar-refractivity contribution in [3.8, 4) is 5.75 Å². The number of hydrogen-bond donors (Lipinski definition) is 2. The fourth-order valence-electron chi connectivity index (χ4n) is 1.44. The Morgan fingerprint density at radius 3 is 2.56 bits per heavy atom. The van der Waals surface area contributed by atoms with E-state index in [-0.39, 0.29) is 17.7 Å². The number of rotatable bonds is 4. The van der Waals surface area contributed by atoms with Crippen molar-refractivity contribution in [2.45, 2.75) is 18.6 Å². The van der Waals surface area contributed by atoms with E-state index < -0.39 is 23.8 Å². The number of nitrogens with two attached hydrogens (primary N) is 1. The number of aliphatic carboxylic acids is 1. The molecular formula is C11H12F3NO3. The molecule has 1 rings (SSSR count). The van der Waals surface area contributed by atoms with E-state index in [4.69, 9.17) is 10.8 Å². The van der Waals surface area contributed by atoms with Crippen molar-refractivity contribution in [3.63, 3.8) is 0 Å². The van der Waals surface area contributed by atoms with E-state index in [9.17, 15) is 18.0 Å². The summed E-state index contributed by atoms with van der Waals surface area (Å²) in [7, 11) is 1.13. The summed E-state index contributed by atoms with van der Waals surface area (Å²) in [5.41, 5.74) is 4.51. The Labute approximate surface area is 101 Å². The van der Waals surface area contributed by atoms with E-state index in [1.165, 1.54) is 6.07 Å². The van der Waals surface area contributed by atoms with Gasteiger partial charge in [0.05, 0.1) is 12.7 Å². The van der Waals surface area contributed by atoms with Crippen molar-refractivity contribution in [3.05, 3.63) is 29.3 Å². The number of alkyl halides is 3. The molecular weight excluding hydrogens is 251 g/mol. The second-order valence-electron chi connectivity index (χ2n) is 3.68. The van der Waals surface area contributed by atoms with Gasteiger partial charge < -0.3 is 15.6 Å². The van der Waals surface area contributed by atoms with Crippen LogP contribution in [0, 0.1) is 0 Å². The number of halogens is 3. The molecule has 0 aromatic heterocycles. The van der Waals surface area contributed by atoms with Crippen LogP contribution in [0.15, 0.2) is 18.2 Å². The van der Waals surface area contributed by atoms with Gasteiger partial charge in [0.1, 0.15) is 11.8 Å². The lowest BCUT2D eigenvalue weighted by Crippen LogP contribution is -2.32. The largest absolute Gasteiger partial charge is 0.496 e. The molecule has 1 aromatic rings. The molecule has 0 saturated carbocycles. The molecule has 0 aliphatic heterocycles. The zero-order valence-electron chi connectivity index (χ0n) is 9.49. The lowest BCUT2D eigenvalue weighted by atomic mass is 10.0. The summed E-state index contributed by atoms with van der Waals surface area (Å²) < 4.78 is 42.7. The van der Waals surface area contributed by atoms with Gasteiger partial charge in [0.15, 0.2) is 0 Å². The molecule has 3 N–H and O–H groups in total. The highest BCUT2D eigenvalue weighted by molar-refractivity contribution is 5.73. The topological polar surface area (TPSA) is 72.5 Å². The monoisotopic (exact) mass is 263 g/mol. The van der Waals surface area contributed by atoms with Crippen LogP contribution >= 0.6 is 0 Å². The SMILES string of the molecule is COc1ccc(C[C@H](N)C(=O)O)cc1C(F)(F)F. The second kappa shape index (κ2) is 5.26. The molecule has 7 heteroatoms. The first-order valence-electron chi connectivity index (χ1n) is 4.98. The number of carboxylic acids is 1. The third kappa shape index (κ3) is 3.36. The summed E-state index contributed by atoms with van der Waals surface area (Å²) in [5.74, 6) is -1.57. The molecule has 0 spiro atoms. The zero-order valence-corrected chi connectivity index (χ0v) is 9.49. The maximum atomic E-state index is 12.7. The van der Waals surface area contributed by atoms with Crippen LogP contribution in [0.25, 0.3) is 0 Å². The summed E-state index contributed by atoms with van der Waals surface area (Å²) in [4.78, 5) is 10.5. The second-order valence-corrected chi connectivity index (χ2v) is 3.68. The minimum atomic E-state index is -4.56. The van der Waals surface area contributed by atoms with E-state index in [1.807, 2.05) is 0 Å². The van der Waals surface area contributed by atoms with Crippen LogP contribution in [-0.4, -0.2) is 24.2 Å². The number of carboxylic acid groups (broad SMARTS) is 1. The summed E-state index contributed by atoms with van der Waals surface area (Å²) in [6.45, 7) is 0. The molecule has 0 aliphatic carbocycles. The quantitative estimate of drug-likeness (QED) is 0.866. The molecule has 18 heavy (non-hydrogen) atoms. The Kier molecular flexibility index (Phi) is 4.18. The van der Waals surface area contributed by atoms with Crippen LogP contribution in [0.3, 0.4) is 0 Å². The smallest absolute Gasteiger partial charge is 0.419 e. The van der Waals surface area contributed by atoms with Gasteiger partial charge in [0, 0.05) is 0 Å². The lowest BCUT2D eigenvalue weighted by molar-refractivity contribution is -0.139. The van der Waals surface area contributed by atoms with Crippen molar-refractivity contribution in [1.82, 2.24) is 0 Å². The molecule has 4 nitrogen and oxygen atoms in total. The third-order valence-electron chi connectivity index (χ3n) is 2.34. The van der Waals surface area contributed by atoms with Gasteiger partial charge in [0.25, 0.3) is 0 Å². The Morgan fingerprint density at radius 2 is 2.11 bits per heavy atom. The fraction of sp³-hybridized carbons (Fsp3) is 0.364. The standard InChI is InChI=1S/C11H12F3NO3/c1-18-9-3-2-6(5-8(15)10(16)17)4-7(9)11(12,13)14/h2-4,8H,5,15H2,1H3,(H,16,17)/t8-/m0/s1. The van der Waals surface area contributed by atoms with Crippen LogP contribution < -0.4 is 10.5 Å². The highest BCUT2D eigenvalue weighted by Gasteiger charge is 2.34. The number of carbonyl (C=O) groups is 1. The molecule has 1 atom stereocenters. The van der Waals surface area contributed by atoms with Crippen molar-refractivity contribution in [2.24, 2.45) is 5.73 Å². The van der Waals surface area contributed by atoms with Crippen molar-refractivity contribution >= 4 is 5.97 Å². The molecule has 0 fully saturated rings. The summed E-state index contributed by atoms with van der Waals surface area (Å²) in [6.07, 6.45) is -4.74. The number of ether oxygens (including phenoxy) is 1. The number of benzene rings is 1. The Hall–Kier alpha value is -1.76. The van der Waals surface area contributed by atoms with Gasteiger partial charge in [-0.05, 0) is 24.1 Å². The maximum Gasteiger partial charge on any atom is 0.419 e. The number of hydrogen-bond acceptors (Lipinski definition) is 3. The van der Waals surface area contributed by atoms with Crippen molar-refractivity contribution in [1.29, 1.82) is 0 Å². The van der Waals surface area contributed by atoms with Crippen LogP contribution in [0.4, 0.5) is 13.2 Å². The van der Waals surface area contributed by atoms with Crippen LogP contribution in [0.5, 0.6) is 5.75 Å². The molecule has 100 valence electrons. The normalized spacial score (nSPS) is 13.2.